The fourth-order valence-electron chi connectivity index (χ4n) is 3.67. The molecule has 1 aromatic heterocycles. The SMILES string of the molecule is c1ccc(-n2ccc(CN3CCC4NCCC4C3)n2)cc1. The molecule has 21 heavy (non-hydrogen) atoms. The number of nitrogens with zero attached hydrogens (tertiary/aromatic N) is 3. The minimum Gasteiger partial charge on any atom is -0.314 e. The zero-order valence-electron chi connectivity index (χ0n) is 12.3. The van der Waals surface area contributed by atoms with Crippen molar-refractivity contribution in [3.05, 3.63) is 48.3 Å². The highest BCUT2D eigenvalue weighted by atomic mass is 15.3. The van der Waals surface area contributed by atoms with Crippen LogP contribution >= 0.6 is 0 Å². The Morgan fingerprint density at radius 1 is 1.14 bits per heavy atom. The van der Waals surface area contributed by atoms with Gasteiger partial charge < -0.3 is 5.32 Å². The lowest BCUT2D eigenvalue weighted by atomic mass is 9.93. The van der Waals surface area contributed by atoms with E-state index in [1.807, 2.05) is 10.7 Å². The van der Waals surface area contributed by atoms with Crippen LogP contribution in [0.4, 0.5) is 0 Å². The molecule has 0 bridgehead atoms. The molecule has 2 atom stereocenters. The van der Waals surface area contributed by atoms with E-state index in [1.165, 1.54) is 38.2 Å². The predicted octanol–water partition coefficient (Wildman–Crippen LogP) is 2.06. The van der Waals surface area contributed by atoms with Crippen LogP contribution in [-0.4, -0.2) is 40.4 Å². The van der Waals surface area contributed by atoms with Crippen molar-refractivity contribution in [3.63, 3.8) is 0 Å². The van der Waals surface area contributed by atoms with E-state index >= 15 is 0 Å². The third kappa shape index (κ3) is 2.74. The zero-order valence-corrected chi connectivity index (χ0v) is 12.3. The highest BCUT2D eigenvalue weighted by Gasteiger charge is 2.32. The van der Waals surface area contributed by atoms with Gasteiger partial charge in [-0.05, 0) is 43.5 Å². The molecule has 0 radical (unpaired) electrons. The highest BCUT2D eigenvalue weighted by molar-refractivity contribution is 5.30. The van der Waals surface area contributed by atoms with E-state index in [4.69, 9.17) is 5.10 Å². The fraction of sp³-hybridized carbons (Fsp3) is 0.471. The number of aromatic nitrogens is 2. The molecule has 4 heteroatoms. The topological polar surface area (TPSA) is 33.1 Å². The van der Waals surface area contributed by atoms with Gasteiger partial charge >= 0.3 is 0 Å². The van der Waals surface area contributed by atoms with Crippen molar-refractivity contribution < 1.29 is 0 Å². The third-order valence-corrected chi connectivity index (χ3v) is 4.79. The van der Waals surface area contributed by atoms with Crippen molar-refractivity contribution in [2.75, 3.05) is 19.6 Å². The molecule has 4 nitrogen and oxygen atoms in total. The molecule has 2 unspecified atom stereocenters. The van der Waals surface area contributed by atoms with Crippen LogP contribution in [-0.2, 0) is 6.54 Å². The van der Waals surface area contributed by atoms with E-state index in [1.54, 1.807) is 0 Å². The van der Waals surface area contributed by atoms with Gasteiger partial charge in [0.15, 0.2) is 0 Å². The molecule has 110 valence electrons. The Morgan fingerprint density at radius 3 is 2.95 bits per heavy atom. The summed E-state index contributed by atoms with van der Waals surface area (Å²) in [6.45, 7) is 4.58. The lowest BCUT2D eigenvalue weighted by molar-refractivity contribution is 0.154. The van der Waals surface area contributed by atoms with Gasteiger partial charge in [-0.15, -0.1) is 0 Å². The zero-order chi connectivity index (χ0) is 14.1. The number of rotatable bonds is 3. The van der Waals surface area contributed by atoms with E-state index in [2.05, 4.69) is 46.7 Å². The largest absolute Gasteiger partial charge is 0.314 e. The second-order valence-electron chi connectivity index (χ2n) is 6.22. The van der Waals surface area contributed by atoms with Gasteiger partial charge in [-0.3, -0.25) is 4.90 Å². The maximum Gasteiger partial charge on any atom is 0.0769 e. The Balaban J connectivity index is 1.42. The Hall–Kier alpha value is -1.65. The molecule has 2 aromatic rings. The first-order valence-corrected chi connectivity index (χ1v) is 7.94. The molecule has 0 aliphatic carbocycles. The van der Waals surface area contributed by atoms with Crippen molar-refractivity contribution in [3.8, 4) is 5.69 Å². The fourth-order valence-corrected chi connectivity index (χ4v) is 3.67. The summed E-state index contributed by atoms with van der Waals surface area (Å²) in [5.41, 5.74) is 2.30. The first-order chi connectivity index (χ1) is 10.4. The van der Waals surface area contributed by atoms with Crippen molar-refractivity contribution in [2.24, 2.45) is 5.92 Å². The Labute approximate surface area is 125 Å². The van der Waals surface area contributed by atoms with Crippen LogP contribution < -0.4 is 5.32 Å². The van der Waals surface area contributed by atoms with Crippen molar-refractivity contribution in [1.82, 2.24) is 20.0 Å². The van der Waals surface area contributed by atoms with E-state index in [0.29, 0.717) is 0 Å². The predicted molar refractivity (Wildman–Crippen MR) is 83.4 cm³/mol. The molecular weight excluding hydrogens is 260 g/mol. The van der Waals surface area contributed by atoms with Gasteiger partial charge in [-0.2, -0.15) is 5.10 Å². The monoisotopic (exact) mass is 282 g/mol. The molecule has 4 rings (SSSR count). The molecule has 2 saturated heterocycles. The maximum absolute atomic E-state index is 4.72. The Morgan fingerprint density at radius 2 is 2.05 bits per heavy atom. The van der Waals surface area contributed by atoms with Crippen molar-refractivity contribution >= 4 is 0 Å². The van der Waals surface area contributed by atoms with Gasteiger partial charge in [-0.25, -0.2) is 4.68 Å². The Kier molecular flexibility index (Phi) is 3.49. The first-order valence-electron chi connectivity index (χ1n) is 7.94. The molecule has 2 aliphatic heterocycles. The molecular formula is C17H22N4. The summed E-state index contributed by atoms with van der Waals surface area (Å²) >= 11 is 0. The number of hydrogen-bond donors (Lipinski definition) is 1. The maximum atomic E-state index is 4.72. The van der Waals surface area contributed by atoms with Crippen LogP contribution in [0.2, 0.25) is 0 Å². The molecule has 1 N–H and O–H groups in total. The van der Waals surface area contributed by atoms with Crippen molar-refractivity contribution in [2.45, 2.75) is 25.4 Å². The number of fused-ring (bicyclic) bond motifs is 1. The highest BCUT2D eigenvalue weighted by Crippen LogP contribution is 2.25. The molecule has 3 heterocycles. The van der Waals surface area contributed by atoms with Gasteiger partial charge in [0, 0.05) is 31.9 Å². The summed E-state index contributed by atoms with van der Waals surface area (Å²) in [7, 11) is 0. The van der Waals surface area contributed by atoms with E-state index in [9.17, 15) is 0 Å². The van der Waals surface area contributed by atoms with Gasteiger partial charge in [0.05, 0.1) is 11.4 Å². The number of likely N-dealkylation sites (tertiary alicyclic amines) is 1. The number of nitrogens with one attached hydrogen (secondary N) is 1. The minimum absolute atomic E-state index is 0.767. The average Bonchev–Trinajstić information content (AvgIpc) is 3.17. The summed E-state index contributed by atoms with van der Waals surface area (Å²) < 4.78 is 1.97. The summed E-state index contributed by atoms with van der Waals surface area (Å²) in [6, 6.07) is 13.2. The minimum atomic E-state index is 0.767. The van der Waals surface area contributed by atoms with Crippen LogP contribution in [0.25, 0.3) is 5.69 Å². The quantitative estimate of drug-likeness (QED) is 0.935. The summed E-state index contributed by atoms with van der Waals surface area (Å²) in [5.74, 6) is 0.843. The van der Waals surface area contributed by atoms with Gasteiger partial charge in [0.25, 0.3) is 0 Å². The first kappa shape index (κ1) is 13.0. The van der Waals surface area contributed by atoms with Crippen LogP contribution in [0.5, 0.6) is 0 Å². The lowest BCUT2D eigenvalue weighted by Crippen LogP contribution is -2.43. The van der Waals surface area contributed by atoms with Crippen LogP contribution in [0.1, 0.15) is 18.5 Å². The van der Waals surface area contributed by atoms with Crippen molar-refractivity contribution in [1.29, 1.82) is 0 Å². The molecule has 2 fully saturated rings. The number of para-hydroxylation sites is 1. The summed E-state index contributed by atoms with van der Waals surface area (Å²) in [5, 5.41) is 8.34. The number of benzene rings is 1. The molecule has 0 amide bonds. The standard InChI is InChI=1S/C17H22N4/c1-2-4-16(5-3-1)21-11-7-15(19-21)13-20-10-8-17-14(12-20)6-9-18-17/h1-5,7,11,14,17-18H,6,8-10,12-13H2. The van der Waals surface area contributed by atoms with E-state index in [-0.39, 0.29) is 0 Å². The smallest absolute Gasteiger partial charge is 0.0769 e. The van der Waals surface area contributed by atoms with Crippen LogP contribution in [0.3, 0.4) is 0 Å². The third-order valence-electron chi connectivity index (χ3n) is 4.79. The van der Waals surface area contributed by atoms with Crippen LogP contribution in [0.15, 0.2) is 42.6 Å². The second kappa shape index (κ2) is 5.62. The Bertz CT molecular complexity index is 592. The van der Waals surface area contributed by atoms with E-state index in [0.717, 1.165) is 24.2 Å². The number of hydrogen-bond acceptors (Lipinski definition) is 3. The number of piperidine rings is 1. The molecule has 0 spiro atoms. The van der Waals surface area contributed by atoms with Crippen LogP contribution in [0, 0.1) is 5.92 Å². The lowest BCUT2D eigenvalue weighted by Gasteiger charge is -2.34. The normalized spacial score (nSPS) is 25.9. The molecule has 2 aliphatic rings. The van der Waals surface area contributed by atoms with Gasteiger partial charge in [0.2, 0.25) is 0 Å². The second-order valence-corrected chi connectivity index (χ2v) is 6.22. The summed E-state index contributed by atoms with van der Waals surface area (Å²) in [6.07, 6.45) is 4.68. The molecule has 0 saturated carbocycles. The average molecular weight is 282 g/mol. The van der Waals surface area contributed by atoms with Gasteiger partial charge in [0.1, 0.15) is 0 Å². The van der Waals surface area contributed by atoms with Gasteiger partial charge in [-0.1, -0.05) is 18.2 Å². The van der Waals surface area contributed by atoms with E-state index < -0.39 is 0 Å². The molecule has 1 aromatic carbocycles. The summed E-state index contributed by atoms with van der Waals surface area (Å²) in [4.78, 5) is 2.56.